The molecule has 1 saturated heterocycles. The molecule has 1 fully saturated rings. The molecule has 210 valence electrons. The molecule has 2 atom stereocenters. The van der Waals surface area contributed by atoms with Gasteiger partial charge in [-0.05, 0) is 42.8 Å². The van der Waals surface area contributed by atoms with Crippen LogP contribution in [0.15, 0.2) is 47.0 Å². The van der Waals surface area contributed by atoms with Crippen LogP contribution in [0.2, 0.25) is 0 Å². The monoisotopic (exact) mass is 552 g/mol. The number of rotatable bonds is 3. The van der Waals surface area contributed by atoms with E-state index >= 15 is 0 Å². The second-order valence-electron chi connectivity index (χ2n) is 9.70. The molecule has 2 aromatic carbocycles. The molecule has 2 N–H and O–H groups in total. The van der Waals surface area contributed by atoms with Gasteiger partial charge in [0.15, 0.2) is 18.1 Å². The van der Waals surface area contributed by atoms with Crippen LogP contribution < -0.4 is 24.8 Å². The number of hydrogen-bond acceptors (Lipinski definition) is 8. The van der Waals surface area contributed by atoms with Gasteiger partial charge in [-0.15, -0.1) is 0 Å². The predicted octanol–water partition coefficient (Wildman–Crippen LogP) is 2.16. The zero-order chi connectivity index (χ0) is 28.2. The standard InChI is InChI=1S/C28H29FN4O7/c1-16-7-21(40-32-16)12-27(35)33-6-5-23-22(14-33)31-26(34)15-38-25-10-18(3-4-24(25)37-2)28(36)30-13-17-8-19(29)11-20(9-17)39-23/h3-4,7-11,22-23H,5-6,12-15H2,1-2H3,(H,30,36)(H,31,34)/t22-,23+/m1/s1. The Hall–Kier alpha value is -4.61. The topological polar surface area (TPSA) is 132 Å². The summed E-state index contributed by atoms with van der Waals surface area (Å²) in [6, 6.07) is 9.88. The highest BCUT2D eigenvalue weighted by Gasteiger charge is 2.34. The maximum absolute atomic E-state index is 14.5. The van der Waals surface area contributed by atoms with Gasteiger partial charge in [-0.1, -0.05) is 5.16 Å². The number of halogens is 1. The number of aromatic nitrogens is 1. The fraction of sp³-hybridized carbons (Fsp3) is 0.357. The number of fused-ring (bicyclic) bond motifs is 5. The van der Waals surface area contributed by atoms with E-state index in [1.807, 2.05) is 0 Å². The molecule has 40 heavy (non-hydrogen) atoms. The summed E-state index contributed by atoms with van der Waals surface area (Å²) in [6.45, 7) is 1.98. The molecule has 1 aromatic heterocycles. The summed E-state index contributed by atoms with van der Waals surface area (Å²) in [5.74, 6) is -0.334. The number of nitrogens with zero attached hydrogens (tertiary/aromatic N) is 2. The number of methoxy groups -OCH3 is 1. The van der Waals surface area contributed by atoms with Gasteiger partial charge in [0.05, 0.1) is 25.3 Å². The number of amides is 3. The third kappa shape index (κ3) is 6.33. The molecule has 11 nitrogen and oxygen atoms in total. The highest BCUT2D eigenvalue weighted by Crippen LogP contribution is 2.29. The normalized spacial score (nSPS) is 19.4. The number of benzene rings is 2. The molecule has 0 spiro atoms. The highest BCUT2D eigenvalue weighted by molar-refractivity contribution is 5.95. The minimum atomic E-state index is -0.613. The van der Waals surface area contributed by atoms with E-state index in [0.29, 0.717) is 35.7 Å². The van der Waals surface area contributed by atoms with Crippen LogP contribution in [0.4, 0.5) is 4.39 Å². The van der Waals surface area contributed by atoms with Crippen molar-refractivity contribution >= 4 is 17.7 Å². The molecule has 5 rings (SSSR count). The minimum Gasteiger partial charge on any atom is -0.493 e. The van der Waals surface area contributed by atoms with Gasteiger partial charge in [-0.2, -0.15) is 0 Å². The molecule has 3 amide bonds. The zero-order valence-electron chi connectivity index (χ0n) is 22.1. The lowest BCUT2D eigenvalue weighted by molar-refractivity contribution is -0.135. The van der Waals surface area contributed by atoms with E-state index in [9.17, 15) is 18.8 Å². The average Bonchev–Trinajstić information content (AvgIpc) is 3.34. The van der Waals surface area contributed by atoms with Gasteiger partial charge in [0.2, 0.25) is 5.91 Å². The van der Waals surface area contributed by atoms with Crippen molar-refractivity contribution in [2.75, 3.05) is 26.8 Å². The van der Waals surface area contributed by atoms with Crippen molar-refractivity contribution in [2.24, 2.45) is 0 Å². The van der Waals surface area contributed by atoms with E-state index in [1.54, 1.807) is 36.1 Å². The first-order valence-corrected chi connectivity index (χ1v) is 12.8. The molecule has 3 aromatic rings. The second kappa shape index (κ2) is 11.6. The van der Waals surface area contributed by atoms with Crippen LogP contribution in [0, 0.1) is 12.7 Å². The van der Waals surface area contributed by atoms with E-state index in [0.717, 1.165) is 0 Å². The van der Waals surface area contributed by atoms with Gasteiger partial charge in [0.25, 0.3) is 11.8 Å². The van der Waals surface area contributed by atoms with Crippen molar-refractivity contribution in [3.05, 3.63) is 70.9 Å². The minimum absolute atomic E-state index is 0.0330. The number of carbonyl (C=O) groups is 3. The number of piperidine rings is 1. The van der Waals surface area contributed by atoms with E-state index in [1.165, 1.54) is 25.3 Å². The third-order valence-corrected chi connectivity index (χ3v) is 6.71. The predicted molar refractivity (Wildman–Crippen MR) is 139 cm³/mol. The molecule has 0 saturated carbocycles. The summed E-state index contributed by atoms with van der Waals surface area (Å²) >= 11 is 0. The van der Waals surface area contributed by atoms with E-state index < -0.39 is 29.8 Å². The Labute approximate surface area is 229 Å². The third-order valence-electron chi connectivity index (χ3n) is 6.71. The van der Waals surface area contributed by atoms with Crippen molar-refractivity contribution in [2.45, 2.75) is 38.5 Å². The van der Waals surface area contributed by atoms with Crippen LogP contribution in [-0.4, -0.2) is 66.7 Å². The maximum atomic E-state index is 14.5. The number of ether oxygens (including phenoxy) is 3. The van der Waals surface area contributed by atoms with Gasteiger partial charge in [0, 0.05) is 43.8 Å². The van der Waals surface area contributed by atoms with Gasteiger partial charge in [0.1, 0.15) is 23.4 Å². The Morgan fingerprint density at radius 2 is 2.05 bits per heavy atom. The van der Waals surface area contributed by atoms with Gasteiger partial charge in [-0.25, -0.2) is 4.39 Å². The molecule has 0 unspecified atom stereocenters. The Bertz CT molecular complexity index is 1430. The number of nitrogens with one attached hydrogen (secondary N) is 2. The van der Waals surface area contributed by atoms with E-state index in [-0.39, 0.29) is 49.1 Å². The summed E-state index contributed by atoms with van der Waals surface area (Å²) in [5, 5.41) is 9.48. The SMILES string of the molecule is COc1ccc2cc1OCC(=O)N[C@@H]1CN(C(=O)Cc3cc(C)no3)CC[C@@H]1Oc1cc(F)cc(c1)CNC2=O. The van der Waals surface area contributed by atoms with Crippen LogP contribution in [0.3, 0.4) is 0 Å². The van der Waals surface area contributed by atoms with Gasteiger partial charge >= 0.3 is 0 Å². The Morgan fingerprint density at radius 1 is 1.20 bits per heavy atom. The summed E-state index contributed by atoms with van der Waals surface area (Å²) in [5.41, 5.74) is 1.45. The van der Waals surface area contributed by atoms with Crippen molar-refractivity contribution in [3.63, 3.8) is 0 Å². The van der Waals surface area contributed by atoms with E-state index in [2.05, 4.69) is 15.8 Å². The van der Waals surface area contributed by atoms with Gasteiger partial charge < -0.3 is 34.3 Å². The van der Waals surface area contributed by atoms with Crippen LogP contribution in [-0.2, 0) is 22.6 Å². The second-order valence-corrected chi connectivity index (χ2v) is 9.70. The molecular weight excluding hydrogens is 523 g/mol. The first kappa shape index (κ1) is 27.0. The lowest BCUT2D eigenvalue weighted by Gasteiger charge is -2.38. The molecule has 4 bridgehead atoms. The van der Waals surface area contributed by atoms with Crippen molar-refractivity contribution in [1.82, 2.24) is 20.7 Å². The van der Waals surface area contributed by atoms with Crippen molar-refractivity contribution in [3.8, 4) is 17.2 Å². The average molecular weight is 553 g/mol. The quantitative estimate of drug-likeness (QED) is 0.505. The van der Waals surface area contributed by atoms with Gasteiger partial charge in [-0.3, -0.25) is 14.4 Å². The summed E-state index contributed by atoms with van der Waals surface area (Å²) in [6.07, 6.45) is -0.146. The lowest BCUT2D eigenvalue weighted by Crippen LogP contribution is -2.58. The molecule has 2 aliphatic rings. The number of carbonyl (C=O) groups excluding carboxylic acids is 3. The first-order chi connectivity index (χ1) is 19.3. The molecule has 0 radical (unpaired) electrons. The summed E-state index contributed by atoms with van der Waals surface area (Å²) in [4.78, 5) is 40.4. The Balaban J connectivity index is 1.40. The highest BCUT2D eigenvalue weighted by atomic mass is 19.1. The molecule has 12 heteroatoms. The zero-order valence-corrected chi connectivity index (χ0v) is 22.1. The Morgan fingerprint density at radius 3 is 2.83 bits per heavy atom. The molecule has 3 heterocycles. The molecule has 0 aliphatic carbocycles. The van der Waals surface area contributed by atoms with Crippen LogP contribution in [0.25, 0.3) is 0 Å². The molecular formula is C28H29FN4O7. The number of aryl methyl sites for hydroxylation is 1. The van der Waals surface area contributed by atoms with Crippen molar-refractivity contribution < 1.29 is 37.5 Å². The number of likely N-dealkylation sites (tertiary alicyclic amines) is 1. The largest absolute Gasteiger partial charge is 0.493 e. The van der Waals surface area contributed by atoms with Crippen LogP contribution in [0.1, 0.15) is 33.8 Å². The van der Waals surface area contributed by atoms with Crippen LogP contribution >= 0.6 is 0 Å². The fourth-order valence-electron chi connectivity index (χ4n) is 4.77. The number of hydrogen-bond donors (Lipinski definition) is 2. The summed E-state index contributed by atoms with van der Waals surface area (Å²) < 4.78 is 36.9. The summed E-state index contributed by atoms with van der Waals surface area (Å²) in [7, 11) is 1.45. The Kier molecular flexibility index (Phi) is 7.85. The van der Waals surface area contributed by atoms with Crippen molar-refractivity contribution in [1.29, 1.82) is 0 Å². The smallest absolute Gasteiger partial charge is 0.258 e. The molecule has 2 aliphatic heterocycles. The van der Waals surface area contributed by atoms with E-state index in [4.69, 9.17) is 18.7 Å². The lowest BCUT2D eigenvalue weighted by atomic mass is 10.0. The fourth-order valence-corrected chi connectivity index (χ4v) is 4.77. The first-order valence-electron chi connectivity index (χ1n) is 12.8. The van der Waals surface area contributed by atoms with Crippen LogP contribution in [0.5, 0.6) is 17.2 Å². The maximum Gasteiger partial charge on any atom is 0.258 e.